The molecule has 0 N–H and O–H groups in total. The highest BCUT2D eigenvalue weighted by Crippen LogP contribution is 2.32. The summed E-state index contributed by atoms with van der Waals surface area (Å²) < 4.78 is 34.8. The summed E-state index contributed by atoms with van der Waals surface area (Å²) >= 11 is 0. The lowest BCUT2D eigenvalue weighted by Gasteiger charge is -2.36. The first-order valence-electron chi connectivity index (χ1n) is 8.29. The van der Waals surface area contributed by atoms with Gasteiger partial charge in [-0.15, -0.1) is 0 Å². The summed E-state index contributed by atoms with van der Waals surface area (Å²) in [6, 6.07) is -0.0899. The number of hydrogen-bond donors (Lipinski definition) is 0. The second-order valence-corrected chi connectivity index (χ2v) is 9.48. The lowest BCUT2D eigenvalue weighted by molar-refractivity contribution is 0.00914. The van der Waals surface area contributed by atoms with Gasteiger partial charge in [0, 0.05) is 20.1 Å². The van der Waals surface area contributed by atoms with Crippen molar-refractivity contribution >= 4 is 22.0 Å². The third-order valence-corrected chi connectivity index (χ3v) is 6.31. The Morgan fingerprint density at radius 2 is 2.00 bits per heavy atom. The van der Waals surface area contributed by atoms with Gasteiger partial charge >= 0.3 is 16.3 Å². The summed E-state index contributed by atoms with van der Waals surface area (Å²) in [6.07, 6.45) is 1.16. The molecular weight excluding hydrogens is 346 g/mol. The summed E-state index contributed by atoms with van der Waals surface area (Å²) in [5, 5.41) is 4.32. The molecule has 1 amide bonds. The van der Waals surface area contributed by atoms with E-state index in [1.54, 1.807) is 22.8 Å². The maximum atomic E-state index is 12.5. The predicted octanol–water partition coefficient (Wildman–Crippen LogP) is 1.02. The molecule has 0 saturated carbocycles. The molecule has 2 aliphatic rings. The average molecular weight is 371 g/mol. The molecule has 1 aromatic rings. The Kier molecular flexibility index (Phi) is 4.23. The number of carbonyl (C=O) groups excluding carboxylic acids is 1. The van der Waals surface area contributed by atoms with Crippen molar-refractivity contribution in [1.82, 2.24) is 19.0 Å². The van der Waals surface area contributed by atoms with E-state index in [1.807, 2.05) is 27.7 Å². The first-order chi connectivity index (χ1) is 11.5. The maximum Gasteiger partial charge on any atom is 0.410 e. The fourth-order valence-corrected chi connectivity index (χ4v) is 4.40. The molecule has 0 aromatic carbocycles. The highest BCUT2D eigenvalue weighted by atomic mass is 32.2. The Balaban J connectivity index is 1.90. The SMILES string of the molecule is C[C@H]1Cn2ncc(N3CCN(C)S3(=O)=O)c2CN1C(=O)OC(C)(C)C. The van der Waals surface area contributed by atoms with Gasteiger partial charge in [-0.25, -0.2) is 4.79 Å². The number of amides is 1. The number of fused-ring (bicyclic) bond motifs is 1. The summed E-state index contributed by atoms with van der Waals surface area (Å²) in [6.45, 7) is 8.96. The van der Waals surface area contributed by atoms with Crippen LogP contribution in [0.5, 0.6) is 0 Å². The van der Waals surface area contributed by atoms with Gasteiger partial charge in [0.05, 0.1) is 36.7 Å². The molecule has 0 aliphatic carbocycles. The van der Waals surface area contributed by atoms with Crippen LogP contribution in [0.1, 0.15) is 33.4 Å². The number of nitrogens with zero attached hydrogens (tertiary/aromatic N) is 5. The molecule has 1 saturated heterocycles. The van der Waals surface area contributed by atoms with E-state index in [0.717, 1.165) is 0 Å². The van der Waals surface area contributed by atoms with Crippen molar-refractivity contribution in [3.63, 3.8) is 0 Å². The molecular formula is C15H25N5O4S. The van der Waals surface area contributed by atoms with Crippen LogP contribution in [-0.4, -0.2) is 65.3 Å². The number of likely N-dealkylation sites (N-methyl/N-ethyl adjacent to an activating group) is 1. The molecule has 2 aliphatic heterocycles. The van der Waals surface area contributed by atoms with E-state index in [2.05, 4.69) is 5.10 Å². The summed E-state index contributed by atoms with van der Waals surface area (Å²) in [5.41, 5.74) is 0.658. The monoisotopic (exact) mass is 371 g/mol. The molecule has 3 rings (SSSR count). The third-order valence-electron chi connectivity index (χ3n) is 4.40. The first kappa shape index (κ1) is 18.0. The molecule has 1 atom stereocenters. The van der Waals surface area contributed by atoms with Gasteiger partial charge in [0.15, 0.2) is 0 Å². The Bertz CT molecular complexity index is 782. The van der Waals surface area contributed by atoms with Crippen LogP contribution in [0.2, 0.25) is 0 Å². The molecule has 1 fully saturated rings. The normalized spacial score (nSPS) is 23.6. The molecule has 25 heavy (non-hydrogen) atoms. The molecule has 0 radical (unpaired) electrons. The van der Waals surface area contributed by atoms with Gasteiger partial charge < -0.3 is 4.74 Å². The molecule has 0 bridgehead atoms. The van der Waals surface area contributed by atoms with E-state index in [-0.39, 0.29) is 12.6 Å². The van der Waals surface area contributed by atoms with Gasteiger partial charge in [0.2, 0.25) is 0 Å². The van der Waals surface area contributed by atoms with E-state index >= 15 is 0 Å². The minimum atomic E-state index is -3.52. The Labute approximate surface area is 148 Å². The van der Waals surface area contributed by atoms with Crippen molar-refractivity contribution in [2.45, 2.75) is 52.4 Å². The molecule has 0 unspecified atom stereocenters. The highest BCUT2D eigenvalue weighted by Gasteiger charge is 2.39. The largest absolute Gasteiger partial charge is 0.444 e. The number of hydrogen-bond acceptors (Lipinski definition) is 5. The van der Waals surface area contributed by atoms with Crippen LogP contribution < -0.4 is 4.31 Å². The van der Waals surface area contributed by atoms with Gasteiger partial charge in [0.1, 0.15) is 5.60 Å². The van der Waals surface area contributed by atoms with Crippen LogP contribution in [0.25, 0.3) is 0 Å². The molecule has 10 heteroatoms. The number of aromatic nitrogens is 2. The molecule has 1 aromatic heterocycles. The number of rotatable bonds is 1. The fraction of sp³-hybridized carbons (Fsp3) is 0.733. The number of anilines is 1. The highest BCUT2D eigenvalue weighted by molar-refractivity contribution is 7.90. The van der Waals surface area contributed by atoms with Crippen molar-refractivity contribution in [3.05, 3.63) is 11.9 Å². The van der Waals surface area contributed by atoms with Gasteiger partial charge in [-0.1, -0.05) is 0 Å². The third kappa shape index (κ3) is 3.20. The molecule has 0 spiro atoms. The van der Waals surface area contributed by atoms with E-state index in [0.29, 0.717) is 31.0 Å². The fourth-order valence-electron chi connectivity index (χ4n) is 3.04. The van der Waals surface area contributed by atoms with Gasteiger partial charge in [-0.2, -0.15) is 17.8 Å². The topological polar surface area (TPSA) is 88.0 Å². The van der Waals surface area contributed by atoms with E-state index in [9.17, 15) is 13.2 Å². The van der Waals surface area contributed by atoms with Crippen LogP contribution in [0.3, 0.4) is 0 Å². The second-order valence-electron chi connectivity index (χ2n) is 7.52. The average Bonchev–Trinajstić information content (AvgIpc) is 2.97. The van der Waals surface area contributed by atoms with E-state index in [4.69, 9.17) is 4.74 Å². The van der Waals surface area contributed by atoms with Crippen LogP contribution in [-0.2, 0) is 28.0 Å². The zero-order chi connectivity index (χ0) is 18.6. The Hall–Kier alpha value is -1.81. The summed E-state index contributed by atoms with van der Waals surface area (Å²) in [7, 11) is -1.97. The minimum Gasteiger partial charge on any atom is -0.444 e. The number of ether oxygens (including phenoxy) is 1. The van der Waals surface area contributed by atoms with Crippen molar-refractivity contribution in [1.29, 1.82) is 0 Å². The zero-order valence-corrected chi connectivity index (χ0v) is 16.1. The Morgan fingerprint density at radius 3 is 2.56 bits per heavy atom. The molecule has 140 valence electrons. The second kappa shape index (κ2) is 5.87. The predicted molar refractivity (Wildman–Crippen MR) is 92.4 cm³/mol. The van der Waals surface area contributed by atoms with Crippen LogP contribution in [0.4, 0.5) is 10.5 Å². The molecule has 3 heterocycles. The summed E-state index contributed by atoms with van der Waals surface area (Å²) in [5.74, 6) is 0. The van der Waals surface area contributed by atoms with E-state index < -0.39 is 21.9 Å². The summed E-state index contributed by atoms with van der Waals surface area (Å²) in [4.78, 5) is 14.1. The van der Waals surface area contributed by atoms with Crippen LogP contribution in [0, 0.1) is 0 Å². The van der Waals surface area contributed by atoms with Crippen molar-refractivity contribution in [2.24, 2.45) is 0 Å². The Morgan fingerprint density at radius 1 is 1.32 bits per heavy atom. The smallest absolute Gasteiger partial charge is 0.410 e. The van der Waals surface area contributed by atoms with E-state index in [1.165, 1.54) is 8.61 Å². The van der Waals surface area contributed by atoms with Gasteiger partial charge in [-0.05, 0) is 27.7 Å². The van der Waals surface area contributed by atoms with Crippen LogP contribution >= 0.6 is 0 Å². The maximum absolute atomic E-state index is 12.5. The quantitative estimate of drug-likeness (QED) is 0.735. The van der Waals surface area contributed by atoms with Gasteiger partial charge in [-0.3, -0.25) is 13.9 Å². The van der Waals surface area contributed by atoms with Crippen molar-refractivity contribution in [3.8, 4) is 0 Å². The van der Waals surface area contributed by atoms with Gasteiger partial charge in [0.25, 0.3) is 0 Å². The minimum absolute atomic E-state index is 0.0899. The van der Waals surface area contributed by atoms with Crippen molar-refractivity contribution in [2.75, 3.05) is 24.4 Å². The molecule has 9 nitrogen and oxygen atoms in total. The lowest BCUT2D eigenvalue weighted by Crippen LogP contribution is -2.47. The van der Waals surface area contributed by atoms with Crippen molar-refractivity contribution < 1.29 is 17.9 Å². The standard InChI is InChI=1S/C15H25N5O4S/c1-11-9-19-13(10-18(11)14(21)24-15(2,3)4)12(8-16-19)20-7-6-17(5)25(20,22)23/h8,11H,6-7,9-10H2,1-5H3/t11-/m0/s1. The lowest BCUT2D eigenvalue weighted by atomic mass is 10.2. The number of carbonyl (C=O) groups is 1. The zero-order valence-electron chi connectivity index (χ0n) is 15.3. The first-order valence-corrected chi connectivity index (χ1v) is 9.68. The van der Waals surface area contributed by atoms with Crippen LogP contribution in [0.15, 0.2) is 6.20 Å².